The van der Waals surface area contributed by atoms with Gasteiger partial charge in [0.2, 0.25) is 0 Å². The smallest absolute Gasteiger partial charge is 0.158 e. The molecule has 2 aromatic carbocycles. The lowest BCUT2D eigenvalue weighted by Crippen LogP contribution is -2.25. The first-order valence-electron chi connectivity index (χ1n) is 8.28. The minimum Gasteiger partial charge on any atom is -0.319 e. The summed E-state index contributed by atoms with van der Waals surface area (Å²) in [5, 5.41) is 0. The van der Waals surface area contributed by atoms with Gasteiger partial charge in [0, 0.05) is 17.6 Å². The summed E-state index contributed by atoms with van der Waals surface area (Å²) >= 11 is 0. The zero-order chi connectivity index (χ0) is 16.7. The highest BCUT2D eigenvalue weighted by atomic mass is 15.4. The Morgan fingerprint density at radius 3 is 2.25 bits per heavy atom. The zero-order valence-electron chi connectivity index (χ0n) is 14.3. The molecule has 0 fully saturated rings. The average molecular weight is 315 g/mol. The summed E-state index contributed by atoms with van der Waals surface area (Å²) in [4.78, 5) is 9.30. The SMILES string of the molecule is Cc1cc(C)c(N2CN(c3ccccc3)c3ncccc32)c(C)c1. The second kappa shape index (κ2) is 5.68. The molecule has 0 aliphatic carbocycles. The molecule has 0 amide bonds. The first-order valence-corrected chi connectivity index (χ1v) is 8.28. The number of hydrogen-bond acceptors (Lipinski definition) is 3. The number of nitrogens with zero attached hydrogens (tertiary/aromatic N) is 3. The monoisotopic (exact) mass is 315 g/mol. The highest BCUT2D eigenvalue weighted by molar-refractivity contribution is 5.86. The number of fused-ring (bicyclic) bond motifs is 1. The molecule has 3 nitrogen and oxygen atoms in total. The van der Waals surface area contributed by atoms with Crippen molar-refractivity contribution in [2.75, 3.05) is 16.5 Å². The van der Waals surface area contributed by atoms with E-state index in [1.807, 2.05) is 18.3 Å². The number of hydrogen-bond donors (Lipinski definition) is 0. The van der Waals surface area contributed by atoms with Gasteiger partial charge < -0.3 is 9.80 Å². The maximum absolute atomic E-state index is 4.65. The van der Waals surface area contributed by atoms with Gasteiger partial charge in [0.05, 0.1) is 5.69 Å². The molecule has 0 saturated carbocycles. The predicted molar refractivity (Wildman–Crippen MR) is 100 cm³/mol. The molecule has 2 heterocycles. The maximum atomic E-state index is 4.65. The minimum absolute atomic E-state index is 0.779. The van der Waals surface area contributed by atoms with E-state index in [1.165, 1.54) is 28.1 Å². The standard InChI is InChI=1S/C21H21N3/c1-15-12-16(2)20(17(3)13-15)24-14-23(18-8-5-4-6-9-18)21-19(24)10-7-11-22-21/h4-13H,14H2,1-3H3. The van der Waals surface area contributed by atoms with E-state index in [1.54, 1.807) is 0 Å². The number of para-hydroxylation sites is 1. The summed E-state index contributed by atoms with van der Waals surface area (Å²) in [5.41, 5.74) is 7.53. The van der Waals surface area contributed by atoms with Crippen LogP contribution in [0.15, 0.2) is 60.8 Å². The van der Waals surface area contributed by atoms with Gasteiger partial charge in [-0.15, -0.1) is 0 Å². The van der Waals surface area contributed by atoms with Gasteiger partial charge in [0.15, 0.2) is 5.82 Å². The summed E-state index contributed by atoms with van der Waals surface area (Å²) in [6, 6.07) is 19.1. The molecule has 0 radical (unpaired) electrons. The summed E-state index contributed by atoms with van der Waals surface area (Å²) in [6.07, 6.45) is 1.87. The maximum Gasteiger partial charge on any atom is 0.158 e. The van der Waals surface area contributed by atoms with Gasteiger partial charge in [0.25, 0.3) is 0 Å². The lowest BCUT2D eigenvalue weighted by atomic mass is 10.0. The van der Waals surface area contributed by atoms with Crippen LogP contribution in [0.2, 0.25) is 0 Å². The number of aromatic nitrogens is 1. The lowest BCUT2D eigenvalue weighted by Gasteiger charge is -2.25. The number of anilines is 4. The van der Waals surface area contributed by atoms with Gasteiger partial charge in [-0.2, -0.15) is 0 Å². The van der Waals surface area contributed by atoms with Crippen LogP contribution in [0.1, 0.15) is 16.7 Å². The Balaban J connectivity index is 1.85. The number of pyridine rings is 1. The Hall–Kier alpha value is -2.81. The lowest BCUT2D eigenvalue weighted by molar-refractivity contribution is 0.971. The predicted octanol–water partition coefficient (Wildman–Crippen LogP) is 5.25. The van der Waals surface area contributed by atoms with Crippen molar-refractivity contribution in [2.24, 2.45) is 0 Å². The van der Waals surface area contributed by atoms with Crippen molar-refractivity contribution in [1.82, 2.24) is 4.98 Å². The van der Waals surface area contributed by atoms with E-state index in [0.29, 0.717) is 0 Å². The Bertz CT molecular complexity index is 864. The topological polar surface area (TPSA) is 19.4 Å². The van der Waals surface area contributed by atoms with Crippen molar-refractivity contribution in [1.29, 1.82) is 0 Å². The Morgan fingerprint density at radius 2 is 1.54 bits per heavy atom. The second-order valence-electron chi connectivity index (χ2n) is 6.43. The van der Waals surface area contributed by atoms with Gasteiger partial charge >= 0.3 is 0 Å². The third-order valence-electron chi connectivity index (χ3n) is 4.57. The van der Waals surface area contributed by atoms with E-state index in [2.05, 4.69) is 78.0 Å². The molecule has 4 rings (SSSR count). The molecule has 0 bridgehead atoms. The van der Waals surface area contributed by atoms with E-state index in [9.17, 15) is 0 Å². The first-order chi connectivity index (χ1) is 11.6. The molecule has 0 spiro atoms. The van der Waals surface area contributed by atoms with Gasteiger partial charge in [-0.1, -0.05) is 35.9 Å². The molecular formula is C21H21N3. The third kappa shape index (κ3) is 2.33. The van der Waals surface area contributed by atoms with Crippen molar-refractivity contribution < 1.29 is 0 Å². The van der Waals surface area contributed by atoms with Crippen LogP contribution in [0, 0.1) is 20.8 Å². The fraction of sp³-hybridized carbons (Fsp3) is 0.190. The quantitative estimate of drug-likeness (QED) is 0.643. The number of benzene rings is 2. The number of aryl methyl sites for hydroxylation is 3. The zero-order valence-corrected chi connectivity index (χ0v) is 14.3. The largest absolute Gasteiger partial charge is 0.319 e. The van der Waals surface area contributed by atoms with E-state index < -0.39 is 0 Å². The number of rotatable bonds is 2. The van der Waals surface area contributed by atoms with Gasteiger partial charge in [0.1, 0.15) is 6.67 Å². The molecule has 0 saturated heterocycles. The summed E-state index contributed by atoms with van der Waals surface area (Å²) in [5.74, 6) is 1.02. The van der Waals surface area contributed by atoms with E-state index in [-0.39, 0.29) is 0 Å². The highest BCUT2D eigenvalue weighted by Crippen LogP contribution is 2.44. The Labute approximate surface area is 143 Å². The summed E-state index contributed by atoms with van der Waals surface area (Å²) in [7, 11) is 0. The molecule has 1 aliphatic rings. The fourth-order valence-electron chi connectivity index (χ4n) is 3.69. The molecule has 0 unspecified atom stereocenters. The van der Waals surface area contributed by atoms with Gasteiger partial charge in [-0.25, -0.2) is 4.98 Å². The van der Waals surface area contributed by atoms with Gasteiger partial charge in [-0.3, -0.25) is 0 Å². The van der Waals surface area contributed by atoms with Crippen molar-refractivity contribution in [2.45, 2.75) is 20.8 Å². The van der Waals surface area contributed by atoms with Gasteiger partial charge in [-0.05, 0) is 56.2 Å². The van der Waals surface area contributed by atoms with Crippen molar-refractivity contribution in [3.05, 3.63) is 77.5 Å². The van der Waals surface area contributed by atoms with Crippen LogP contribution in [0.5, 0.6) is 0 Å². The van der Waals surface area contributed by atoms with Crippen molar-refractivity contribution in [3.8, 4) is 0 Å². The molecule has 0 N–H and O–H groups in total. The van der Waals surface area contributed by atoms with E-state index >= 15 is 0 Å². The van der Waals surface area contributed by atoms with Crippen molar-refractivity contribution >= 4 is 22.9 Å². The Kier molecular flexibility index (Phi) is 3.49. The van der Waals surface area contributed by atoms with Crippen LogP contribution >= 0.6 is 0 Å². The third-order valence-corrected chi connectivity index (χ3v) is 4.57. The Morgan fingerprint density at radius 1 is 0.833 bits per heavy atom. The van der Waals surface area contributed by atoms with E-state index in [4.69, 9.17) is 0 Å². The molecule has 1 aliphatic heterocycles. The molecule has 120 valence electrons. The van der Waals surface area contributed by atoms with Crippen LogP contribution < -0.4 is 9.80 Å². The molecule has 3 aromatic rings. The summed E-state index contributed by atoms with van der Waals surface area (Å²) < 4.78 is 0. The molecule has 24 heavy (non-hydrogen) atoms. The normalized spacial score (nSPS) is 13.3. The molecule has 1 aromatic heterocycles. The van der Waals surface area contributed by atoms with Crippen LogP contribution in [0.3, 0.4) is 0 Å². The van der Waals surface area contributed by atoms with Crippen LogP contribution in [-0.4, -0.2) is 11.7 Å². The van der Waals surface area contributed by atoms with Crippen molar-refractivity contribution in [3.63, 3.8) is 0 Å². The average Bonchev–Trinajstić information content (AvgIpc) is 2.94. The highest BCUT2D eigenvalue weighted by Gasteiger charge is 2.30. The fourth-order valence-corrected chi connectivity index (χ4v) is 3.69. The first kappa shape index (κ1) is 14.8. The summed E-state index contributed by atoms with van der Waals surface area (Å²) in [6.45, 7) is 7.31. The molecule has 3 heteroatoms. The van der Waals surface area contributed by atoms with E-state index in [0.717, 1.165) is 18.2 Å². The minimum atomic E-state index is 0.779. The van der Waals surface area contributed by atoms with Crippen LogP contribution in [0.25, 0.3) is 0 Å². The van der Waals surface area contributed by atoms with Crippen LogP contribution in [-0.2, 0) is 0 Å². The second-order valence-corrected chi connectivity index (χ2v) is 6.43. The molecular weight excluding hydrogens is 294 g/mol. The van der Waals surface area contributed by atoms with Crippen LogP contribution in [0.4, 0.5) is 22.9 Å². The molecule has 0 atom stereocenters.